The molecule has 1 rings (SSSR count). The zero-order chi connectivity index (χ0) is 19.7. The summed E-state index contributed by atoms with van der Waals surface area (Å²) in [6.07, 6.45) is 12.9. The SMILES string of the molecule is CCCCCCCC(C)(CCCCCC)n1c(=O)n(C)c(=S)n(C)c1=S. The second-order valence-corrected chi connectivity index (χ2v) is 8.50. The van der Waals surface area contributed by atoms with E-state index >= 15 is 0 Å². The van der Waals surface area contributed by atoms with Gasteiger partial charge in [0.25, 0.3) is 0 Å². The predicted octanol–water partition coefficient (Wildman–Crippen LogP) is 6.03. The first-order valence-corrected chi connectivity index (χ1v) is 11.0. The van der Waals surface area contributed by atoms with E-state index in [-0.39, 0.29) is 11.2 Å². The third kappa shape index (κ3) is 5.88. The fourth-order valence-electron chi connectivity index (χ4n) is 3.62. The van der Waals surface area contributed by atoms with Crippen LogP contribution >= 0.6 is 24.4 Å². The average Bonchev–Trinajstić information content (AvgIpc) is 2.62. The van der Waals surface area contributed by atoms with Crippen LogP contribution < -0.4 is 5.69 Å². The minimum absolute atomic E-state index is 0.0790. The predicted molar refractivity (Wildman–Crippen MR) is 116 cm³/mol. The van der Waals surface area contributed by atoms with Crippen LogP contribution in [0.15, 0.2) is 4.79 Å². The zero-order valence-corrected chi connectivity index (χ0v) is 19.0. The Bertz CT molecular complexity index is 692. The van der Waals surface area contributed by atoms with E-state index in [0.29, 0.717) is 9.54 Å². The van der Waals surface area contributed by atoms with Gasteiger partial charge in [0.2, 0.25) is 0 Å². The van der Waals surface area contributed by atoms with Gasteiger partial charge in [-0.2, -0.15) is 0 Å². The standard InChI is InChI=1S/C20H37N3OS2/c1-6-8-10-12-14-16-20(3,15-13-11-9-7-2)23-17(24)21(4)18(25)22(5)19(23)26/h6-16H2,1-5H3. The van der Waals surface area contributed by atoms with Gasteiger partial charge in [0.05, 0.1) is 0 Å². The van der Waals surface area contributed by atoms with Gasteiger partial charge in [-0.1, -0.05) is 71.6 Å². The fraction of sp³-hybridized carbons (Fsp3) is 0.850. The molecule has 0 spiro atoms. The van der Waals surface area contributed by atoms with Crippen LogP contribution in [-0.4, -0.2) is 13.7 Å². The van der Waals surface area contributed by atoms with Crippen LogP contribution in [0.5, 0.6) is 0 Å². The van der Waals surface area contributed by atoms with Gasteiger partial charge in [-0.05, 0) is 44.2 Å². The Balaban J connectivity index is 3.17. The smallest absolute Gasteiger partial charge is 0.298 e. The first-order valence-electron chi connectivity index (χ1n) is 10.2. The van der Waals surface area contributed by atoms with Crippen molar-refractivity contribution in [2.45, 2.75) is 96.9 Å². The maximum absolute atomic E-state index is 13.0. The highest BCUT2D eigenvalue weighted by Crippen LogP contribution is 2.29. The quantitative estimate of drug-likeness (QED) is 0.318. The van der Waals surface area contributed by atoms with Crippen molar-refractivity contribution < 1.29 is 0 Å². The molecule has 0 bridgehead atoms. The number of hydrogen-bond acceptors (Lipinski definition) is 3. The highest BCUT2D eigenvalue weighted by Gasteiger charge is 2.29. The minimum Gasteiger partial charge on any atom is -0.298 e. The summed E-state index contributed by atoms with van der Waals surface area (Å²) in [5, 5.41) is 0. The van der Waals surface area contributed by atoms with Gasteiger partial charge in [-0.3, -0.25) is 13.7 Å². The lowest BCUT2D eigenvalue weighted by Crippen LogP contribution is -2.45. The normalized spacial score (nSPS) is 13.7. The van der Waals surface area contributed by atoms with Crippen molar-refractivity contribution in [1.82, 2.24) is 13.7 Å². The highest BCUT2D eigenvalue weighted by molar-refractivity contribution is 7.72. The first-order chi connectivity index (χ1) is 12.3. The lowest BCUT2D eigenvalue weighted by Gasteiger charge is -2.33. The molecular weight excluding hydrogens is 362 g/mol. The summed E-state index contributed by atoms with van der Waals surface area (Å²) >= 11 is 11.0. The van der Waals surface area contributed by atoms with E-state index in [9.17, 15) is 4.79 Å². The second-order valence-electron chi connectivity index (χ2n) is 7.77. The number of rotatable bonds is 12. The van der Waals surface area contributed by atoms with E-state index in [1.165, 1.54) is 44.9 Å². The summed E-state index contributed by atoms with van der Waals surface area (Å²) in [6.45, 7) is 6.66. The number of aromatic nitrogens is 3. The summed E-state index contributed by atoms with van der Waals surface area (Å²) < 4.78 is 6.20. The molecular formula is C20H37N3OS2. The number of hydrogen-bond donors (Lipinski definition) is 0. The summed E-state index contributed by atoms with van der Waals surface area (Å²) in [5.74, 6) is 0. The van der Waals surface area contributed by atoms with Gasteiger partial charge in [-0.15, -0.1) is 0 Å². The molecule has 1 unspecified atom stereocenters. The molecule has 0 radical (unpaired) electrons. The van der Waals surface area contributed by atoms with Gasteiger partial charge in [0.1, 0.15) is 0 Å². The first kappa shape index (κ1) is 23.3. The molecule has 6 heteroatoms. The van der Waals surface area contributed by atoms with Crippen LogP contribution in [-0.2, 0) is 19.6 Å². The largest absolute Gasteiger partial charge is 0.332 e. The second kappa shape index (κ2) is 11.2. The van der Waals surface area contributed by atoms with Crippen molar-refractivity contribution in [3.8, 4) is 0 Å². The summed E-state index contributed by atoms with van der Waals surface area (Å²) in [7, 11) is 3.61. The molecule has 1 heterocycles. The number of unbranched alkanes of at least 4 members (excludes halogenated alkanes) is 7. The van der Waals surface area contributed by atoms with E-state index in [1.54, 1.807) is 16.2 Å². The third-order valence-electron chi connectivity index (χ3n) is 5.46. The Kier molecular flexibility index (Phi) is 10.0. The van der Waals surface area contributed by atoms with E-state index < -0.39 is 0 Å². The van der Waals surface area contributed by atoms with Crippen molar-refractivity contribution in [2.75, 3.05) is 0 Å². The third-order valence-corrected chi connectivity index (χ3v) is 6.46. The van der Waals surface area contributed by atoms with Crippen LogP contribution in [0.2, 0.25) is 0 Å². The molecule has 0 aliphatic rings. The molecule has 26 heavy (non-hydrogen) atoms. The monoisotopic (exact) mass is 399 g/mol. The molecule has 0 aliphatic heterocycles. The molecule has 150 valence electrons. The molecule has 0 saturated carbocycles. The van der Waals surface area contributed by atoms with Crippen molar-refractivity contribution >= 4 is 24.4 Å². The van der Waals surface area contributed by atoms with Gasteiger partial charge >= 0.3 is 5.69 Å². The van der Waals surface area contributed by atoms with Gasteiger partial charge in [-0.25, -0.2) is 4.79 Å². The molecule has 0 aliphatic carbocycles. The van der Waals surface area contributed by atoms with Crippen LogP contribution in [0.1, 0.15) is 91.4 Å². The maximum atomic E-state index is 13.0. The Labute approximate surface area is 169 Å². The topological polar surface area (TPSA) is 31.9 Å². The zero-order valence-electron chi connectivity index (χ0n) is 17.3. The fourth-order valence-corrected chi connectivity index (χ4v) is 4.23. The van der Waals surface area contributed by atoms with Crippen molar-refractivity contribution in [1.29, 1.82) is 0 Å². The van der Waals surface area contributed by atoms with E-state index in [4.69, 9.17) is 24.4 Å². The minimum atomic E-state index is -0.243. The number of nitrogens with zero attached hydrogens (tertiary/aromatic N) is 3. The summed E-state index contributed by atoms with van der Waals surface area (Å²) in [4.78, 5) is 13.0. The van der Waals surface area contributed by atoms with E-state index in [0.717, 1.165) is 25.7 Å². The van der Waals surface area contributed by atoms with E-state index in [1.807, 2.05) is 11.6 Å². The van der Waals surface area contributed by atoms with Crippen molar-refractivity contribution in [3.63, 3.8) is 0 Å². The van der Waals surface area contributed by atoms with Crippen LogP contribution in [0.3, 0.4) is 0 Å². The van der Waals surface area contributed by atoms with Gasteiger partial charge in [0, 0.05) is 19.6 Å². The average molecular weight is 400 g/mol. The van der Waals surface area contributed by atoms with Crippen molar-refractivity contribution in [3.05, 3.63) is 20.0 Å². The van der Waals surface area contributed by atoms with Crippen LogP contribution in [0, 0.1) is 9.54 Å². The molecule has 1 aromatic heterocycles. The Morgan fingerprint density at radius 1 is 0.769 bits per heavy atom. The van der Waals surface area contributed by atoms with E-state index in [2.05, 4.69) is 20.8 Å². The lowest BCUT2D eigenvalue weighted by atomic mass is 9.87. The Morgan fingerprint density at radius 3 is 1.73 bits per heavy atom. The van der Waals surface area contributed by atoms with Crippen molar-refractivity contribution in [2.24, 2.45) is 14.1 Å². The maximum Gasteiger partial charge on any atom is 0.332 e. The summed E-state index contributed by atoms with van der Waals surface area (Å²) in [6, 6.07) is 0. The molecule has 0 amide bonds. The van der Waals surface area contributed by atoms with Gasteiger partial charge < -0.3 is 0 Å². The molecule has 0 N–H and O–H groups in total. The molecule has 1 aromatic rings. The summed E-state index contributed by atoms with van der Waals surface area (Å²) in [5.41, 5.74) is -0.322. The molecule has 0 saturated heterocycles. The molecule has 0 fully saturated rings. The van der Waals surface area contributed by atoms with Crippen LogP contribution in [0.4, 0.5) is 0 Å². The Hall–Kier alpha value is -0.750. The highest BCUT2D eigenvalue weighted by atomic mass is 32.1. The van der Waals surface area contributed by atoms with Gasteiger partial charge in [0.15, 0.2) is 9.54 Å². The Morgan fingerprint density at radius 2 is 1.23 bits per heavy atom. The lowest BCUT2D eigenvalue weighted by molar-refractivity contribution is 0.226. The van der Waals surface area contributed by atoms with Crippen LogP contribution in [0.25, 0.3) is 0 Å². The molecule has 4 nitrogen and oxygen atoms in total. The molecule has 1 atom stereocenters. The molecule has 0 aromatic carbocycles.